The third-order valence-corrected chi connectivity index (χ3v) is 3.83. The second-order valence-corrected chi connectivity index (χ2v) is 6.43. The van der Waals surface area contributed by atoms with E-state index in [0.717, 1.165) is 13.1 Å². The van der Waals surface area contributed by atoms with Crippen LogP contribution in [0.3, 0.4) is 0 Å². The summed E-state index contributed by atoms with van der Waals surface area (Å²) >= 11 is 0. The summed E-state index contributed by atoms with van der Waals surface area (Å²) in [5.74, 6) is 0. The van der Waals surface area contributed by atoms with E-state index in [1.165, 1.54) is 30.6 Å². The molecule has 0 amide bonds. The smallest absolute Gasteiger partial charge is 0.0535 e. The van der Waals surface area contributed by atoms with Crippen LogP contribution in [0.2, 0.25) is 0 Å². The second kappa shape index (κ2) is 6.73. The maximum atomic E-state index is 4.18. The van der Waals surface area contributed by atoms with E-state index in [2.05, 4.69) is 48.2 Å². The van der Waals surface area contributed by atoms with Gasteiger partial charge in [0.15, 0.2) is 0 Å². The third kappa shape index (κ3) is 4.20. The molecule has 4 nitrogen and oxygen atoms in total. The Morgan fingerprint density at radius 2 is 2.21 bits per heavy atom. The molecule has 1 aliphatic heterocycles. The fraction of sp³-hybridized carbons (Fsp3) is 0.786. The molecule has 1 atom stereocenters. The standard InChI is InChI=1S/C14H26N4.ClH/c1-14(2,3)13-11(9-16-17-13)8-15-10-12-6-5-7-18(12)4;/h9,12,15H,5-8,10H2,1-4H3,(H,16,17);1H. The fourth-order valence-corrected chi connectivity index (χ4v) is 2.71. The van der Waals surface area contributed by atoms with E-state index < -0.39 is 0 Å². The minimum Gasteiger partial charge on any atom is -0.311 e. The molecular weight excluding hydrogens is 260 g/mol. The number of rotatable bonds is 4. The molecule has 2 rings (SSSR count). The van der Waals surface area contributed by atoms with E-state index in [9.17, 15) is 0 Å². The Balaban J connectivity index is 0.00000180. The maximum absolute atomic E-state index is 4.18. The Labute approximate surface area is 122 Å². The van der Waals surface area contributed by atoms with Gasteiger partial charge in [-0.1, -0.05) is 20.8 Å². The van der Waals surface area contributed by atoms with Crippen LogP contribution in [0.1, 0.15) is 44.9 Å². The zero-order valence-corrected chi connectivity index (χ0v) is 13.3. The van der Waals surface area contributed by atoms with Gasteiger partial charge in [0.05, 0.1) is 6.20 Å². The van der Waals surface area contributed by atoms with Crippen molar-refractivity contribution in [1.82, 2.24) is 20.4 Å². The summed E-state index contributed by atoms with van der Waals surface area (Å²) in [4.78, 5) is 2.45. The van der Waals surface area contributed by atoms with Crippen molar-refractivity contribution in [2.75, 3.05) is 20.1 Å². The van der Waals surface area contributed by atoms with E-state index in [1.54, 1.807) is 0 Å². The second-order valence-electron chi connectivity index (χ2n) is 6.43. The summed E-state index contributed by atoms with van der Waals surface area (Å²) in [6.45, 7) is 9.88. The number of likely N-dealkylation sites (N-methyl/N-ethyl adjacent to an activating group) is 1. The van der Waals surface area contributed by atoms with E-state index in [4.69, 9.17) is 0 Å². The fourth-order valence-electron chi connectivity index (χ4n) is 2.71. The molecule has 1 fully saturated rings. The minimum absolute atomic E-state index is 0. The SMILES string of the molecule is CN1CCCC1CNCc1cn[nH]c1C(C)(C)C.Cl. The number of likely N-dealkylation sites (tertiary alicyclic amines) is 1. The van der Waals surface area contributed by atoms with Crippen LogP contribution >= 0.6 is 12.4 Å². The molecule has 0 aliphatic carbocycles. The lowest BCUT2D eigenvalue weighted by Gasteiger charge is -2.21. The lowest BCUT2D eigenvalue weighted by molar-refractivity contribution is 0.300. The molecule has 0 aromatic carbocycles. The Kier molecular flexibility index (Phi) is 5.83. The molecule has 0 bridgehead atoms. The number of halogens is 1. The highest BCUT2D eigenvalue weighted by atomic mass is 35.5. The summed E-state index contributed by atoms with van der Waals surface area (Å²) in [6, 6.07) is 0.704. The van der Waals surface area contributed by atoms with E-state index in [0.29, 0.717) is 6.04 Å². The van der Waals surface area contributed by atoms with Crippen LogP contribution in [0, 0.1) is 0 Å². The molecule has 1 aromatic heterocycles. The lowest BCUT2D eigenvalue weighted by Crippen LogP contribution is -2.35. The lowest BCUT2D eigenvalue weighted by atomic mass is 9.89. The molecule has 5 heteroatoms. The van der Waals surface area contributed by atoms with Gasteiger partial charge in [0.1, 0.15) is 0 Å². The number of hydrogen-bond donors (Lipinski definition) is 2. The van der Waals surface area contributed by atoms with Crippen LogP contribution in [0.4, 0.5) is 0 Å². The number of nitrogens with zero attached hydrogens (tertiary/aromatic N) is 2. The first-order valence-electron chi connectivity index (χ1n) is 6.92. The van der Waals surface area contributed by atoms with Crippen molar-refractivity contribution in [2.45, 2.75) is 51.6 Å². The van der Waals surface area contributed by atoms with E-state index in [-0.39, 0.29) is 17.8 Å². The highest BCUT2D eigenvalue weighted by Gasteiger charge is 2.22. The Bertz CT molecular complexity index is 383. The van der Waals surface area contributed by atoms with Crippen LogP contribution in [0.15, 0.2) is 6.20 Å². The number of aromatic nitrogens is 2. The van der Waals surface area contributed by atoms with Crippen LogP contribution < -0.4 is 5.32 Å². The molecule has 0 saturated carbocycles. The largest absolute Gasteiger partial charge is 0.311 e. The molecule has 2 heterocycles. The Morgan fingerprint density at radius 3 is 2.79 bits per heavy atom. The molecule has 1 aromatic rings. The number of nitrogens with one attached hydrogen (secondary N) is 2. The molecule has 1 unspecified atom stereocenters. The van der Waals surface area contributed by atoms with Crippen LogP contribution in [-0.2, 0) is 12.0 Å². The van der Waals surface area contributed by atoms with Crippen molar-refractivity contribution in [1.29, 1.82) is 0 Å². The molecule has 1 saturated heterocycles. The van der Waals surface area contributed by atoms with Crippen molar-refractivity contribution in [3.63, 3.8) is 0 Å². The van der Waals surface area contributed by atoms with Gasteiger partial charge in [0, 0.05) is 35.8 Å². The summed E-state index contributed by atoms with van der Waals surface area (Å²) in [7, 11) is 2.22. The number of H-pyrrole nitrogens is 1. The highest BCUT2D eigenvalue weighted by molar-refractivity contribution is 5.85. The quantitative estimate of drug-likeness (QED) is 0.893. The van der Waals surface area contributed by atoms with Gasteiger partial charge < -0.3 is 10.2 Å². The first-order chi connectivity index (χ1) is 8.48. The molecule has 0 radical (unpaired) electrons. The van der Waals surface area contributed by atoms with Gasteiger partial charge in [0.25, 0.3) is 0 Å². The normalized spacial score (nSPS) is 20.5. The number of hydrogen-bond acceptors (Lipinski definition) is 3. The van der Waals surface area contributed by atoms with Gasteiger partial charge in [-0.25, -0.2) is 0 Å². The molecular formula is C14H27ClN4. The van der Waals surface area contributed by atoms with Gasteiger partial charge in [-0.3, -0.25) is 5.10 Å². The first kappa shape index (κ1) is 16.5. The van der Waals surface area contributed by atoms with Crippen molar-refractivity contribution in [3.05, 3.63) is 17.5 Å². The topological polar surface area (TPSA) is 44.0 Å². The Hall–Kier alpha value is -0.580. The maximum Gasteiger partial charge on any atom is 0.0535 e. The molecule has 0 spiro atoms. The highest BCUT2D eigenvalue weighted by Crippen LogP contribution is 2.23. The van der Waals surface area contributed by atoms with E-state index in [1.807, 2.05) is 6.20 Å². The zero-order chi connectivity index (χ0) is 13.2. The van der Waals surface area contributed by atoms with Gasteiger partial charge >= 0.3 is 0 Å². The van der Waals surface area contributed by atoms with Crippen LogP contribution in [0.5, 0.6) is 0 Å². The predicted molar refractivity (Wildman–Crippen MR) is 81.9 cm³/mol. The third-order valence-electron chi connectivity index (χ3n) is 3.83. The van der Waals surface area contributed by atoms with Gasteiger partial charge in [-0.2, -0.15) is 5.10 Å². The summed E-state index contributed by atoms with van der Waals surface area (Å²) in [6.07, 6.45) is 4.61. The van der Waals surface area contributed by atoms with Crippen molar-refractivity contribution in [3.8, 4) is 0 Å². The van der Waals surface area contributed by atoms with Crippen LogP contribution in [0.25, 0.3) is 0 Å². The predicted octanol–water partition coefficient (Wildman–Crippen LogP) is 2.31. The Morgan fingerprint density at radius 1 is 1.47 bits per heavy atom. The average Bonchev–Trinajstić information content (AvgIpc) is 2.87. The van der Waals surface area contributed by atoms with E-state index >= 15 is 0 Å². The monoisotopic (exact) mass is 286 g/mol. The molecule has 2 N–H and O–H groups in total. The van der Waals surface area contributed by atoms with Crippen LogP contribution in [-0.4, -0.2) is 41.3 Å². The zero-order valence-electron chi connectivity index (χ0n) is 12.5. The van der Waals surface area contributed by atoms with Crippen molar-refractivity contribution < 1.29 is 0 Å². The minimum atomic E-state index is 0. The molecule has 110 valence electrons. The van der Waals surface area contributed by atoms with Gasteiger partial charge in [-0.15, -0.1) is 12.4 Å². The van der Waals surface area contributed by atoms with Gasteiger partial charge in [0.2, 0.25) is 0 Å². The summed E-state index contributed by atoms with van der Waals surface area (Å²) in [5.41, 5.74) is 2.68. The summed E-state index contributed by atoms with van der Waals surface area (Å²) in [5, 5.41) is 10.9. The first-order valence-corrected chi connectivity index (χ1v) is 6.92. The average molecular weight is 287 g/mol. The van der Waals surface area contributed by atoms with Crippen molar-refractivity contribution in [2.24, 2.45) is 0 Å². The summed E-state index contributed by atoms with van der Waals surface area (Å²) < 4.78 is 0. The van der Waals surface area contributed by atoms with Gasteiger partial charge in [-0.05, 0) is 26.4 Å². The van der Waals surface area contributed by atoms with Crippen molar-refractivity contribution >= 4 is 12.4 Å². The number of aromatic amines is 1. The molecule has 1 aliphatic rings. The molecule has 19 heavy (non-hydrogen) atoms.